The second kappa shape index (κ2) is 6.56. The van der Waals surface area contributed by atoms with Gasteiger partial charge in [-0.3, -0.25) is 0 Å². The van der Waals surface area contributed by atoms with E-state index in [9.17, 15) is 4.79 Å². The first-order chi connectivity index (χ1) is 9.20. The number of carbonyl (C=O) groups excluding carboxylic acids is 1. The summed E-state index contributed by atoms with van der Waals surface area (Å²) in [6, 6.07) is 15.2. The molecule has 0 radical (unpaired) electrons. The number of hydrogen-bond donors (Lipinski definition) is 0. The number of ether oxygens (including phenoxy) is 2. The van der Waals surface area contributed by atoms with E-state index in [0.29, 0.717) is 12.2 Å². The molecule has 0 atom stereocenters. The maximum atomic E-state index is 11.4. The largest absolute Gasteiger partial charge is 0.488 e. The van der Waals surface area contributed by atoms with Crippen LogP contribution in [-0.4, -0.2) is 13.1 Å². The van der Waals surface area contributed by atoms with E-state index >= 15 is 0 Å². The quantitative estimate of drug-likeness (QED) is 0.611. The first-order valence-electron chi connectivity index (χ1n) is 5.75. The molecule has 0 aliphatic rings. The van der Waals surface area contributed by atoms with Crippen molar-refractivity contribution in [3.05, 3.63) is 63.2 Å². The van der Waals surface area contributed by atoms with Gasteiger partial charge >= 0.3 is 5.97 Å². The molecule has 0 amide bonds. The molecule has 2 rings (SSSR count). The molecule has 0 spiro atoms. The van der Waals surface area contributed by atoms with Crippen LogP contribution in [0.15, 0.2) is 48.5 Å². The predicted molar refractivity (Wildman–Crippen MR) is 81.3 cm³/mol. The van der Waals surface area contributed by atoms with E-state index in [0.717, 1.165) is 14.9 Å². The van der Waals surface area contributed by atoms with E-state index in [-0.39, 0.29) is 5.97 Å². The van der Waals surface area contributed by atoms with Crippen molar-refractivity contribution in [2.75, 3.05) is 7.11 Å². The summed E-state index contributed by atoms with van der Waals surface area (Å²) in [4.78, 5) is 11.4. The minimum atomic E-state index is -0.340. The van der Waals surface area contributed by atoms with Crippen LogP contribution in [0.5, 0.6) is 5.75 Å². The van der Waals surface area contributed by atoms with E-state index in [1.165, 1.54) is 7.11 Å². The van der Waals surface area contributed by atoms with Crippen LogP contribution in [0.4, 0.5) is 0 Å². The fraction of sp³-hybridized carbons (Fsp3) is 0.133. The van der Waals surface area contributed by atoms with Gasteiger partial charge in [-0.05, 0) is 46.4 Å². The lowest BCUT2D eigenvalue weighted by Gasteiger charge is -2.09. The van der Waals surface area contributed by atoms with Gasteiger partial charge in [0.05, 0.1) is 16.2 Å². The highest BCUT2D eigenvalue weighted by Crippen LogP contribution is 2.23. The first-order valence-corrected chi connectivity index (χ1v) is 6.83. The molecule has 4 heteroatoms. The Morgan fingerprint density at radius 2 is 1.89 bits per heavy atom. The summed E-state index contributed by atoms with van der Waals surface area (Å²) in [6.07, 6.45) is 0. The molecule has 2 aromatic carbocycles. The molecule has 0 fully saturated rings. The average molecular weight is 368 g/mol. The van der Waals surface area contributed by atoms with Gasteiger partial charge in [-0.25, -0.2) is 4.79 Å². The summed E-state index contributed by atoms with van der Waals surface area (Å²) < 4.78 is 11.3. The van der Waals surface area contributed by atoms with Gasteiger partial charge in [0.15, 0.2) is 0 Å². The molecule has 0 aliphatic carbocycles. The summed E-state index contributed by atoms with van der Waals surface area (Å²) in [5.41, 5.74) is 1.63. The Morgan fingerprint density at radius 3 is 2.53 bits per heavy atom. The molecule has 0 unspecified atom stereocenters. The van der Waals surface area contributed by atoms with Crippen LogP contribution in [0.25, 0.3) is 0 Å². The number of hydrogen-bond acceptors (Lipinski definition) is 3. The van der Waals surface area contributed by atoms with Crippen molar-refractivity contribution in [3.63, 3.8) is 0 Å². The molecule has 3 nitrogen and oxygen atoms in total. The molecule has 0 heterocycles. The smallest absolute Gasteiger partial charge is 0.337 e. The van der Waals surface area contributed by atoms with E-state index in [1.54, 1.807) is 18.2 Å². The molecule has 98 valence electrons. The summed E-state index contributed by atoms with van der Waals surface area (Å²) >= 11 is 2.15. The predicted octanol–water partition coefficient (Wildman–Crippen LogP) is 3.66. The molecule has 0 aliphatic heterocycles. The standard InChI is InChI=1S/C15H13IO3/c1-18-15(17)12-7-8-14(13(16)9-12)19-10-11-5-3-2-4-6-11/h2-9H,10H2,1H3. The highest BCUT2D eigenvalue weighted by Gasteiger charge is 2.09. The van der Waals surface area contributed by atoms with E-state index in [1.807, 2.05) is 30.3 Å². The van der Waals surface area contributed by atoms with E-state index < -0.39 is 0 Å². The Hall–Kier alpha value is -1.56. The Balaban J connectivity index is 2.07. The van der Waals surface area contributed by atoms with Crippen LogP contribution in [-0.2, 0) is 11.3 Å². The van der Waals surface area contributed by atoms with Crippen LogP contribution in [0, 0.1) is 3.57 Å². The van der Waals surface area contributed by atoms with Gasteiger partial charge < -0.3 is 9.47 Å². The Bertz CT molecular complexity index is 567. The Kier molecular flexibility index (Phi) is 4.79. The van der Waals surface area contributed by atoms with E-state index in [4.69, 9.17) is 4.74 Å². The number of esters is 1. The van der Waals surface area contributed by atoms with Crippen molar-refractivity contribution < 1.29 is 14.3 Å². The third-order valence-corrected chi connectivity index (χ3v) is 3.43. The summed E-state index contributed by atoms with van der Waals surface area (Å²) in [5, 5.41) is 0. The normalized spacial score (nSPS) is 10.0. The highest BCUT2D eigenvalue weighted by atomic mass is 127. The number of rotatable bonds is 4. The second-order valence-corrected chi connectivity index (χ2v) is 5.07. The van der Waals surface area contributed by atoms with Crippen LogP contribution >= 0.6 is 22.6 Å². The molecule has 2 aromatic rings. The number of methoxy groups -OCH3 is 1. The second-order valence-electron chi connectivity index (χ2n) is 3.91. The van der Waals surface area contributed by atoms with Crippen molar-refractivity contribution in [1.29, 1.82) is 0 Å². The Morgan fingerprint density at radius 1 is 1.16 bits per heavy atom. The lowest BCUT2D eigenvalue weighted by atomic mass is 10.2. The molecule has 19 heavy (non-hydrogen) atoms. The zero-order chi connectivity index (χ0) is 13.7. The number of benzene rings is 2. The van der Waals surface area contributed by atoms with Crippen LogP contribution in [0.2, 0.25) is 0 Å². The van der Waals surface area contributed by atoms with Crippen LogP contribution in [0.3, 0.4) is 0 Å². The van der Waals surface area contributed by atoms with Gasteiger partial charge in [-0.1, -0.05) is 30.3 Å². The molecule has 0 bridgehead atoms. The zero-order valence-corrected chi connectivity index (χ0v) is 12.6. The lowest BCUT2D eigenvalue weighted by Crippen LogP contribution is -2.03. The minimum Gasteiger partial charge on any atom is -0.488 e. The van der Waals surface area contributed by atoms with Crippen molar-refractivity contribution in [1.82, 2.24) is 0 Å². The summed E-state index contributed by atoms with van der Waals surface area (Å²) in [6.45, 7) is 0.508. The van der Waals surface area contributed by atoms with Crippen LogP contribution < -0.4 is 4.74 Å². The molecule has 0 aromatic heterocycles. The minimum absolute atomic E-state index is 0.340. The SMILES string of the molecule is COC(=O)c1ccc(OCc2ccccc2)c(I)c1. The van der Waals surface area contributed by atoms with Crippen LogP contribution in [0.1, 0.15) is 15.9 Å². The first kappa shape index (κ1) is 13.9. The van der Waals surface area contributed by atoms with Gasteiger partial charge in [0, 0.05) is 0 Å². The third-order valence-electron chi connectivity index (χ3n) is 2.59. The van der Waals surface area contributed by atoms with Gasteiger partial charge in [0.1, 0.15) is 12.4 Å². The number of carbonyl (C=O) groups is 1. The van der Waals surface area contributed by atoms with Gasteiger partial charge in [0.2, 0.25) is 0 Å². The summed E-state index contributed by atoms with van der Waals surface area (Å²) in [5.74, 6) is 0.421. The molecule has 0 saturated heterocycles. The average Bonchev–Trinajstić information content (AvgIpc) is 2.46. The maximum Gasteiger partial charge on any atom is 0.337 e. The summed E-state index contributed by atoms with van der Waals surface area (Å²) in [7, 11) is 1.37. The Labute approximate surface area is 125 Å². The topological polar surface area (TPSA) is 35.5 Å². The monoisotopic (exact) mass is 368 g/mol. The molecule has 0 saturated carbocycles. The van der Waals surface area contributed by atoms with Gasteiger partial charge in [-0.15, -0.1) is 0 Å². The lowest BCUT2D eigenvalue weighted by molar-refractivity contribution is 0.0600. The van der Waals surface area contributed by atoms with Crippen molar-refractivity contribution in [3.8, 4) is 5.75 Å². The maximum absolute atomic E-state index is 11.4. The van der Waals surface area contributed by atoms with Crippen molar-refractivity contribution in [2.45, 2.75) is 6.61 Å². The molecule has 0 N–H and O–H groups in total. The molecular formula is C15H13IO3. The zero-order valence-electron chi connectivity index (χ0n) is 10.4. The highest BCUT2D eigenvalue weighted by molar-refractivity contribution is 14.1. The van der Waals surface area contributed by atoms with Crippen molar-refractivity contribution >= 4 is 28.6 Å². The molecular weight excluding hydrogens is 355 g/mol. The van der Waals surface area contributed by atoms with Gasteiger partial charge in [0.25, 0.3) is 0 Å². The van der Waals surface area contributed by atoms with Crippen molar-refractivity contribution in [2.24, 2.45) is 0 Å². The van der Waals surface area contributed by atoms with Gasteiger partial charge in [-0.2, -0.15) is 0 Å². The number of halogens is 1. The fourth-order valence-corrected chi connectivity index (χ4v) is 2.27. The fourth-order valence-electron chi connectivity index (χ4n) is 1.60. The third kappa shape index (κ3) is 3.70. The van der Waals surface area contributed by atoms with E-state index in [2.05, 4.69) is 27.3 Å².